The smallest absolute Gasteiger partial charge is 0.272 e. The minimum absolute atomic E-state index is 0.302. The predicted molar refractivity (Wildman–Crippen MR) is 46.2 cm³/mol. The number of nitro groups is 1. The summed E-state index contributed by atoms with van der Waals surface area (Å²) in [5.41, 5.74) is -0.302. The molecule has 0 rings (SSSR count). The summed E-state index contributed by atoms with van der Waals surface area (Å²) in [6.07, 6.45) is 0.920. The molecule has 4 nitrogen and oxygen atoms in total. The summed E-state index contributed by atoms with van der Waals surface area (Å²) in [6.45, 7) is 7.88. The molecule has 0 atom stereocenters. The monoisotopic (exact) mass is 173 g/mol. The molecule has 0 fully saturated rings. The maximum Gasteiger partial charge on any atom is 0.272 e. The SMILES string of the molecule is CCO/C(=C\[N+](=O)[O-])C(C)(C)C. The molecule has 0 saturated heterocycles. The quantitative estimate of drug-likeness (QED) is 0.373. The highest BCUT2D eigenvalue weighted by molar-refractivity contribution is 4.98. The second-order valence-electron chi connectivity index (χ2n) is 3.46. The Morgan fingerprint density at radius 2 is 2.08 bits per heavy atom. The van der Waals surface area contributed by atoms with Gasteiger partial charge < -0.3 is 4.74 Å². The number of rotatable bonds is 3. The van der Waals surface area contributed by atoms with Gasteiger partial charge in [-0.3, -0.25) is 10.1 Å². The summed E-state index contributed by atoms with van der Waals surface area (Å²) in [4.78, 5) is 9.69. The first-order valence-electron chi connectivity index (χ1n) is 3.86. The van der Waals surface area contributed by atoms with Gasteiger partial charge in [0.15, 0.2) is 5.76 Å². The summed E-state index contributed by atoms with van der Waals surface area (Å²) in [7, 11) is 0. The van der Waals surface area contributed by atoms with E-state index in [1.165, 1.54) is 0 Å². The summed E-state index contributed by atoms with van der Waals surface area (Å²) in [5.74, 6) is 0.412. The van der Waals surface area contributed by atoms with E-state index in [4.69, 9.17) is 4.74 Å². The van der Waals surface area contributed by atoms with Gasteiger partial charge in [0.2, 0.25) is 0 Å². The van der Waals surface area contributed by atoms with E-state index in [1.807, 2.05) is 20.8 Å². The molecule has 0 N–H and O–H groups in total. The molecule has 0 heterocycles. The Hall–Kier alpha value is -1.06. The van der Waals surface area contributed by atoms with E-state index in [1.54, 1.807) is 6.92 Å². The molecule has 0 aliphatic carbocycles. The van der Waals surface area contributed by atoms with Crippen molar-refractivity contribution in [1.29, 1.82) is 0 Å². The van der Waals surface area contributed by atoms with Gasteiger partial charge >= 0.3 is 0 Å². The van der Waals surface area contributed by atoms with E-state index in [9.17, 15) is 10.1 Å². The molecule has 0 aromatic heterocycles. The molecule has 4 heteroatoms. The Bertz CT molecular complexity index is 191. The van der Waals surface area contributed by atoms with Crippen molar-refractivity contribution in [1.82, 2.24) is 0 Å². The van der Waals surface area contributed by atoms with Crippen molar-refractivity contribution in [3.8, 4) is 0 Å². The Balaban J connectivity index is 4.55. The second kappa shape index (κ2) is 4.09. The summed E-state index contributed by atoms with van der Waals surface area (Å²) in [5, 5.41) is 10.2. The van der Waals surface area contributed by atoms with Gasteiger partial charge in [-0.2, -0.15) is 0 Å². The third kappa shape index (κ3) is 3.95. The maximum atomic E-state index is 10.2. The van der Waals surface area contributed by atoms with Crippen LogP contribution >= 0.6 is 0 Å². The van der Waals surface area contributed by atoms with Crippen molar-refractivity contribution in [2.75, 3.05) is 6.61 Å². The van der Waals surface area contributed by atoms with Gasteiger partial charge in [0.25, 0.3) is 6.20 Å². The Morgan fingerprint density at radius 3 is 2.33 bits per heavy atom. The molecule has 70 valence electrons. The van der Waals surface area contributed by atoms with E-state index < -0.39 is 4.92 Å². The molecule has 0 bridgehead atoms. The van der Waals surface area contributed by atoms with Gasteiger partial charge in [-0.1, -0.05) is 20.8 Å². The molecule has 0 amide bonds. The lowest BCUT2D eigenvalue weighted by atomic mass is 9.94. The number of allylic oxidation sites excluding steroid dienone is 1. The summed E-state index contributed by atoms with van der Waals surface area (Å²) >= 11 is 0. The van der Waals surface area contributed by atoms with E-state index in [-0.39, 0.29) is 5.41 Å². The van der Waals surface area contributed by atoms with E-state index in [0.717, 1.165) is 6.20 Å². The van der Waals surface area contributed by atoms with Gasteiger partial charge in [-0.25, -0.2) is 0 Å². The largest absolute Gasteiger partial charge is 0.491 e. The summed E-state index contributed by atoms with van der Waals surface area (Å²) < 4.78 is 5.14. The minimum Gasteiger partial charge on any atom is -0.491 e. The molecular weight excluding hydrogens is 158 g/mol. The van der Waals surface area contributed by atoms with E-state index >= 15 is 0 Å². The van der Waals surface area contributed by atoms with E-state index in [0.29, 0.717) is 12.4 Å². The van der Waals surface area contributed by atoms with Crippen LogP contribution in [-0.4, -0.2) is 11.5 Å². The van der Waals surface area contributed by atoms with Crippen LogP contribution in [0.1, 0.15) is 27.7 Å². The molecule has 0 aliphatic rings. The minimum atomic E-state index is -0.490. The molecule has 0 aromatic rings. The highest BCUT2D eigenvalue weighted by Crippen LogP contribution is 2.25. The number of hydrogen-bond donors (Lipinski definition) is 0. The number of hydrogen-bond acceptors (Lipinski definition) is 3. The van der Waals surface area contributed by atoms with Gasteiger partial charge in [0.1, 0.15) is 0 Å². The van der Waals surface area contributed by atoms with Crippen molar-refractivity contribution in [3.63, 3.8) is 0 Å². The fraction of sp³-hybridized carbons (Fsp3) is 0.750. The highest BCUT2D eigenvalue weighted by atomic mass is 16.6. The summed E-state index contributed by atoms with van der Waals surface area (Å²) in [6, 6.07) is 0. The third-order valence-electron chi connectivity index (χ3n) is 1.26. The van der Waals surface area contributed by atoms with Crippen LogP contribution in [0.4, 0.5) is 0 Å². The molecule has 0 aromatic carbocycles. The lowest BCUT2D eigenvalue weighted by Gasteiger charge is -2.19. The molecule has 0 spiro atoms. The van der Waals surface area contributed by atoms with E-state index in [2.05, 4.69) is 0 Å². The van der Waals surface area contributed by atoms with Crippen molar-refractivity contribution < 1.29 is 9.66 Å². The van der Waals surface area contributed by atoms with Crippen LogP contribution in [0.5, 0.6) is 0 Å². The fourth-order valence-electron chi connectivity index (χ4n) is 0.699. The first-order chi connectivity index (χ1) is 5.38. The van der Waals surface area contributed by atoms with Crippen LogP contribution in [0.25, 0.3) is 0 Å². The van der Waals surface area contributed by atoms with Crippen LogP contribution in [0.3, 0.4) is 0 Å². The normalized spacial score (nSPS) is 12.8. The van der Waals surface area contributed by atoms with Gasteiger partial charge in [-0.05, 0) is 6.92 Å². The molecule has 0 unspecified atom stereocenters. The average molecular weight is 173 g/mol. The first kappa shape index (κ1) is 10.9. The molecule has 0 radical (unpaired) electrons. The Morgan fingerprint density at radius 1 is 1.58 bits per heavy atom. The van der Waals surface area contributed by atoms with Gasteiger partial charge in [-0.15, -0.1) is 0 Å². The van der Waals surface area contributed by atoms with Gasteiger partial charge in [0, 0.05) is 5.41 Å². The highest BCUT2D eigenvalue weighted by Gasteiger charge is 2.21. The molecule has 12 heavy (non-hydrogen) atoms. The average Bonchev–Trinajstić information content (AvgIpc) is 1.83. The maximum absolute atomic E-state index is 10.2. The molecule has 0 aliphatic heterocycles. The first-order valence-corrected chi connectivity index (χ1v) is 3.86. The number of nitrogens with zero attached hydrogens (tertiary/aromatic N) is 1. The molecule has 0 saturated carbocycles. The van der Waals surface area contributed by atoms with Crippen LogP contribution in [-0.2, 0) is 4.74 Å². The van der Waals surface area contributed by atoms with Gasteiger partial charge in [0.05, 0.1) is 11.5 Å². The van der Waals surface area contributed by atoms with Crippen molar-refractivity contribution in [3.05, 3.63) is 22.1 Å². The van der Waals surface area contributed by atoms with Crippen molar-refractivity contribution >= 4 is 0 Å². The lowest BCUT2D eigenvalue weighted by Crippen LogP contribution is -2.14. The zero-order chi connectivity index (χ0) is 9.78. The fourth-order valence-corrected chi connectivity index (χ4v) is 0.699. The van der Waals surface area contributed by atoms with Crippen LogP contribution in [0.2, 0.25) is 0 Å². The number of ether oxygens (including phenoxy) is 1. The third-order valence-corrected chi connectivity index (χ3v) is 1.26. The Kier molecular flexibility index (Phi) is 3.73. The van der Waals surface area contributed by atoms with Crippen LogP contribution in [0.15, 0.2) is 12.0 Å². The standard InChI is InChI=1S/C8H15NO3/c1-5-12-7(6-9(10)11)8(2,3)4/h6H,5H2,1-4H3/b7-6-. The second-order valence-corrected chi connectivity index (χ2v) is 3.46. The van der Waals surface area contributed by atoms with Crippen LogP contribution < -0.4 is 0 Å². The zero-order valence-corrected chi connectivity index (χ0v) is 7.96. The van der Waals surface area contributed by atoms with Crippen LogP contribution in [0, 0.1) is 15.5 Å². The lowest BCUT2D eigenvalue weighted by molar-refractivity contribution is -0.406. The van der Waals surface area contributed by atoms with Crippen molar-refractivity contribution in [2.24, 2.45) is 5.41 Å². The zero-order valence-electron chi connectivity index (χ0n) is 7.96. The predicted octanol–water partition coefficient (Wildman–Crippen LogP) is 2.19. The van der Waals surface area contributed by atoms with Crippen molar-refractivity contribution in [2.45, 2.75) is 27.7 Å². The topological polar surface area (TPSA) is 52.4 Å². The Labute approximate surface area is 72.4 Å². The molecular formula is C8H15NO3.